The number of esters is 1. The van der Waals surface area contributed by atoms with Gasteiger partial charge in [0.15, 0.2) is 0 Å². The summed E-state index contributed by atoms with van der Waals surface area (Å²) in [6.07, 6.45) is 3.03. The number of ether oxygens (including phenoxy) is 1. The van der Waals surface area contributed by atoms with Crippen LogP contribution in [0, 0.1) is 6.92 Å². The molecule has 0 unspecified atom stereocenters. The number of aryl methyl sites for hydroxylation is 2. The maximum Gasteiger partial charge on any atom is 0.337 e. The summed E-state index contributed by atoms with van der Waals surface area (Å²) in [6, 6.07) is 4.39. The van der Waals surface area contributed by atoms with Crippen molar-refractivity contribution in [1.29, 1.82) is 0 Å². The van der Waals surface area contributed by atoms with Gasteiger partial charge in [-0.05, 0) is 31.5 Å². The summed E-state index contributed by atoms with van der Waals surface area (Å²) in [5, 5.41) is 4.01. The molecule has 0 saturated carbocycles. The Morgan fingerprint density at radius 3 is 2.73 bits per heavy atom. The second-order valence-electron chi connectivity index (χ2n) is 4.66. The van der Waals surface area contributed by atoms with Crippen LogP contribution < -0.4 is 4.72 Å². The number of benzene rings is 1. The molecule has 0 radical (unpaired) electrons. The molecule has 0 aliphatic heterocycles. The number of anilines is 1. The largest absolute Gasteiger partial charge is 0.465 e. The van der Waals surface area contributed by atoms with Gasteiger partial charge in [0.2, 0.25) is 0 Å². The monoisotopic (exact) mass is 323 g/mol. The van der Waals surface area contributed by atoms with Crippen molar-refractivity contribution in [3.8, 4) is 0 Å². The quantitative estimate of drug-likeness (QED) is 0.847. The number of nitrogens with one attached hydrogen (secondary N) is 1. The van der Waals surface area contributed by atoms with E-state index < -0.39 is 16.0 Å². The minimum Gasteiger partial charge on any atom is -0.465 e. The number of sulfonamides is 1. The van der Waals surface area contributed by atoms with Gasteiger partial charge in [-0.1, -0.05) is 6.07 Å². The number of carbonyl (C=O) groups excluding carboxylic acids is 1. The molecule has 1 aromatic carbocycles. The Morgan fingerprint density at radius 2 is 2.14 bits per heavy atom. The number of carbonyl (C=O) groups is 1. The fourth-order valence-electron chi connectivity index (χ4n) is 1.93. The molecule has 0 saturated heterocycles. The van der Waals surface area contributed by atoms with Crippen molar-refractivity contribution in [2.24, 2.45) is 0 Å². The fraction of sp³-hybridized carbons (Fsp3) is 0.286. The Labute approximate surface area is 129 Å². The first-order chi connectivity index (χ1) is 10.4. The molecule has 0 aliphatic rings. The standard InChI is InChI=1S/C14H17N3O4S/c1-4-17-9-12(8-15-17)16-22(19,20)13-7-11(14(18)21-3)6-5-10(13)2/h5-9,16H,4H2,1-3H3. The zero-order valence-electron chi connectivity index (χ0n) is 12.5. The second-order valence-corrected chi connectivity index (χ2v) is 6.31. The van der Waals surface area contributed by atoms with E-state index in [0.717, 1.165) is 0 Å². The smallest absolute Gasteiger partial charge is 0.337 e. The van der Waals surface area contributed by atoms with E-state index in [1.165, 1.54) is 25.4 Å². The number of rotatable bonds is 5. The van der Waals surface area contributed by atoms with Crippen LogP contribution in [0.1, 0.15) is 22.8 Å². The van der Waals surface area contributed by atoms with E-state index in [2.05, 4.69) is 14.6 Å². The molecule has 0 bridgehead atoms. The van der Waals surface area contributed by atoms with Gasteiger partial charge >= 0.3 is 5.97 Å². The van der Waals surface area contributed by atoms with E-state index in [1.807, 2.05) is 6.92 Å². The van der Waals surface area contributed by atoms with Crippen molar-refractivity contribution in [3.63, 3.8) is 0 Å². The Balaban J connectivity index is 2.38. The number of hydrogen-bond donors (Lipinski definition) is 1. The predicted molar refractivity (Wildman–Crippen MR) is 81.2 cm³/mol. The third kappa shape index (κ3) is 3.28. The van der Waals surface area contributed by atoms with Crippen LogP contribution in [-0.4, -0.2) is 31.3 Å². The maximum atomic E-state index is 12.5. The van der Waals surface area contributed by atoms with Crippen LogP contribution >= 0.6 is 0 Å². The molecule has 0 amide bonds. The molecule has 0 atom stereocenters. The molecule has 0 aliphatic carbocycles. The van der Waals surface area contributed by atoms with Gasteiger partial charge in [0.25, 0.3) is 10.0 Å². The van der Waals surface area contributed by atoms with Crippen LogP contribution in [0.3, 0.4) is 0 Å². The number of nitrogens with zero attached hydrogens (tertiary/aromatic N) is 2. The molecule has 2 rings (SSSR count). The topological polar surface area (TPSA) is 90.3 Å². The minimum atomic E-state index is -3.81. The molecule has 22 heavy (non-hydrogen) atoms. The molecule has 1 aromatic heterocycles. The average molecular weight is 323 g/mol. The van der Waals surface area contributed by atoms with Crippen LogP contribution in [0.2, 0.25) is 0 Å². The number of hydrogen-bond acceptors (Lipinski definition) is 5. The number of aromatic nitrogens is 2. The first-order valence-electron chi connectivity index (χ1n) is 6.61. The molecule has 1 heterocycles. The lowest BCUT2D eigenvalue weighted by Crippen LogP contribution is -2.15. The predicted octanol–water partition coefficient (Wildman–Crippen LogP) is 1.80. The van der Waals surface area contributed by atoms with Gasteiger partial charge in [-0.2, -0.15) is 5.10 Å². The van der Waals surface area contributed by atoms with E-state index in [-0.39, 0.29) is 10.5 Å². The van der Waals surface area contributed by atoms with E-state index in [0.29, 0.717) is 17.8 Å². The van der Waals surface area contributed by atoms with E-state index in [4.69, 9.17) is 0 Å². The summed E-state index contributed by atoms with van der Waals surface area (Å²) in [5.41, 5.74) is 1.07. The summed E-state index contributed by atoms with van der Waals surface area (Å²) in [5.74, 6) is -0.588. The SMILES string of the molecule is CCn1cc(NS(=O)(=O)c2cc(C(=O)OC)ccc2C)cn1. The molecular formula is C14H17N3O4S. The molecule has 0 spiro atoms. The summed E-state index contributed by atoms with van der Waals surface area (Å²) in [4.78, 5) is 11.6. The van der Waals surface area contributed by atoms with Gasteiger partial charge in [0.1, 0.15) is 0 Å². The summed E-state index contributed by atoms with van der Waals surface area (Å²) < 4.78 is 33.6. The highest BCUT2D eigenvalue weighted by Gasteiger charge is 2.20. The van der Waals surface area contributed by atoms with Crippen molar-refractivity contribution >= 4 is 21.7 Å². The lowest BCUT2D eigenvalue weighted by molar-refractivity contribution is 0.0600. The first kappa shape index (κ1) is 16.0. The van der Waals surface area contributed by atoms with Crippen molar-refractivity contribution in [2.75, 3.05) is 11.8 Å². The van der Waals surface area contributed by atoms with Crippen LogP contribution in [0.25, 0.3) is 0 Å². The van der Waals surface area contributed by atoms with Crippen LogP contribution in [-0.2, 0) is 21.3 Å². The van der Waals surface area contributed by atoms with E-state index >= 15 is 0 Å². The van der Waals surface area contributed by atoms with Crippen LogP contribution in [0.5, 0.6) is 0 Å². The lowest BCUT2D eigenvalue weighted by atomic mass is 10.1. The molecule has 1 N–H and O–H groups in total. The van der Waals surface area contributed by atoms with E-state index in [1.54, 1.807) is 23.9 Å². The molecule has 2 aromatic rings. The van der Waals surface area contributed by atoms with Crippen molar-refractivity contribution < 1.29 is 17.9 Å². The van der Waals surface area contributed by atoms with Crippen molar-refractivity contribution in [3.05, 3.63) is 41.7 Å². The Morgan fingerprint density at radius 1 is 1.41 bits per heavy atom. The molecule has 0 fully saturated rings. The van der Waals surface area contributed by atoms with Gasteiger partial charge in [0, 0.05) is 12.7 Å². The number of methoxy groups -OCH3 is 1. The Bertz CT molecular complexity index is 796. The normalized spacial score (nSPS) is 11.2. The maximum absolute atomic E-state index is 12.5. The molecular weight excluding hydrogens is 306 g/mol. The third-order valence-corrected chi connectivity index (χ3v) is 4.63. The zero-order valence-corrected chi connectivity index (χ0v) is 13.3. The summed E-state index contributed by atoms with van der Waals surface area (Å²) in [7, 11) is -2.57. The van der Waals surface area contributed by atoms with Crippen molar-refractivity contribution in [1.82, 2.24) is 9.78 Å². The van der Waals surface area contributed by atoms with E-state index in [9.17, 15) is 13.2 Å². The van der Waals surface area contributed by atoms with Crippen LogP contribution in [0.4, 0.5) is 5.69 Å². The fourth-order valence-corrected chi connectivity index (χ4v) is 3.23. The summed E-state index contributed by atoms with van der Waals surface area (Å²) >= 11 is 0. The van der Waals surface area contributed by atoms with Gasteiger partial charge < -0.3 is 4.74 Å². The summed E-state index contributed by atoms with van der Waals surface area (Å²) in [6.45, 7) is 4.19. The second kappa shape index (κ2) is 6.18. The average Bonchev–Trinajstić information content (AvgIpc) is 2.93. The van der Waals surface area contributed by atoms with Gasteiger partial charge in [-0.3, -0.25) is 9.40 Å². The van der Waals surface area contributed by atoms with Gasteiger partial charge in [0.05, 0.1) is 29.5 Å². The Kier molecular flexibility index (Phi) is 4.51. The van der Waals surface area contributed by atoms with Gasteiger partial charge in [-0.25, -0.2) is 13.2 Å². The highest BCUT2D eigenvalue weighted by atomic mass is 32.2. The molecule has 118 valence electrons. The van der Waals surface area contributed by atoms with Crippen molar-refractivity contribution in [2.45, 2.75) is 25.3 Å². The highest BCUT2D eigenvalue weighted by Crippen LogP contribution is 2.21. The van der Waals surface area contributed by atoms with Crippen LogP contribution in [0.15, 0.2) is 35.5 Å². The third-order valence-electron chi connectivity index (χ3n) is 3.11. The molecule has 8 heteroatoms. The zero-order chi connectivity index (χ0) is 16.3. The first-order valence-corrected chi connectivity index (χ1v) is 8.10. The molecule has 7 nitrogen and oxygen atoms in total. The minimum absolute atomic E-state index is 0.0275. The van der Waals surface area contributed by atoms with Gasteiger partial charge in [-0.15, -0.1) is 0 Å². The lowest BCUT2D eigenvalue weighted by Gasteiger charge is -2.10. The Hall–Kier alpha value is -2.35. The highest BCUT2D eigenvalue weighted by molar-refractivity contribution is 7.92.